The summed E-state index contributed by atoms with van der Waals surface area (Å²) in [6.45, 7) is 0. The molecule has 0 saturated carbocycles. The largest absolute Gasteiger partial charge is 0.481 e. The van der Waals surface area contributed by atoms with Crippen molar-refractivity contribution in [1.82, 2.24) is 25.4 Å². The molecule has 2 aliphatic rings. The molecule has 2 aromatic heterocycles. The lowest BCUT2D eigenvalue weighted by Gasteiger charge is -2.15. The van der Waals surface area contributed by atoms with Gasteiger partial charge in [0.25, 0.3) is 0 Å². The van der Waals surface area contributed by atoms with E-state index in [0.29, 0.717) is 41.3 Å². The number of fused-ring (bicyclic) bond motifs is 2. The quantitative estimate of drug-likeness (QED) is 0.897. The molecule has 0 aliphatic carbocycles. The third-order valence-corrected chi connectivity index (χ3v) is 4.14. The van der Waals surface area contributed by atoms with Crippen LogP contribution < -0.4 is 10.1 Å². The Kier molecular flexibility index (Phi) is 2.66. The molecule has 2 saturated heterocycles. The number of hydrogen-bond donors (Lipinski definition) is 1. The molecule has 7 nitrogen and oxygen atoms in total. The summed E-state index contributed by atoms with van der Waals surface area (Å²) >= 11 is 0. The molecular formula is C13H15N5O2. The second-order valence-corrected chi connectivity index (χ2v) is 5.29. The van der Waals surface area contributed by atoms with Gasteiger partial charge in [-0.05, 0) is 19.3 Å². The minimum Gasteiger partial charge on any atom is -0.481 e. The molecule has 2 bridgehead atoms. The van der Waals surface area contributed by atoms with Crippen LogP contribution in [0.25, 0.3) is 11.5 Å². The molecule has 1 N–H and O–H groups in total. The van der Waals surface area contributed by atoms with Gasteiger partial charge < -0.3 is 14.6 Å². The van der Waals surface area contributed by atoms with E-state index in [9.17, 15) is 0 Å². The highest BCUT2D eigenvalue weighted by Gasteiger charge is 2.42. The van der Waals surface area contributed by atoms with Crippen molar-refractivity contribution in [3.05, 3.63) is 18.3 Å². The van der Waals surface area contributed by atoms with Gasteiger partial charge in [-0.3, -0.25) is 0 Å². The van der Waals surface area contributed by atoms with E-state index in [2.05, 4.69) is 25.4 Å². The first-order valence-electron chi connectivity index (χ1n) is 6.79. The van der Waals surface area contributed by atoms with Gasteiger partial charge in [0.15, 0.2) is 0 Å². The van der Waals surface area contributed by atoms with E-state index in [4.69, 9.17) is 9.26 Å². The number of rotatable bonds is 3. The van der Waals surface area contributed by atoms with E-state index in [1.54, 1.807) is 13.2 Å². The summed E-state index contributed by atoms with van der Waals surface area (Å²) in [4.78, 5) is 12.6. The Morgan fingerprint density at radius 3 is 3.05 bits per heavy atom. The Hall–Kier alpha value is -2.02. The van der Waals surface area contributed by atoms with Crippen LogP contribution >= 0.6 is 0 Å². The topological polar surface area (TPSA) is 86.0 Å². The first kappa shape index (κ1) is 11.8. The molecule has 7 heteroatoms. The molecule has 4 rings (SSSR count). The molecule has 104 valence electrons. The number of nitrogens with one attached hydrogen (secondary N) is 1. The van der Waals surface area contributed by atoms with E-state index >= 15 is 0 Å². The van der Waals surface area contributed by atoms with E-state index in [1.807, 2.05) is 0 Å². The van der Waals surface area contributed by atoms with E-state index in [-0.39, 0.29) is 0 Å². The maximum Gasteiger partial charge on any atom is 0.231 e. The summed E-state index contributed by atoms with van der Waals surface area (Å²) < 4.78 is 10.5. The molecule has 3 atom stereocenters. The molecule has 0 amide bonds. The van der Waals surface area contributed by atoms with Gasteiger partial charge >= 0.3 is 0 Å². The third-order valence-electron chi connectivity index (χ3n) is 4.14. The van der Waals surface area contributed by atoms with Crippen LogP contribution in [0, 0.1) is 0 Å². The van der Waals surface area contributed by atoms with Crippen molar-refractivity contribution in [2.45, 2.75) is 37.3 Å². The fourth-order valence-corrected chi connectivity index (χ4v) is 3.16. The second kappa shape index (κ2) is 4.52. The first-order chi connectivity index (χ1) is 9.83. The maximum atomic E-state index is 5.43. The lowest BCUT2D eigenvalue weighted by Crippen LogP contribution is -2.21. The van der Waals surface area contributed by atoms with Gasteiger partial charge in [0, 0.05) is 18.2 Å². The summed E-state index contributed by atoms with van der Waals surface area (Å²) in [7, 11) is 1.56. The van der Waals surface area contributed by atoms with Crippen LogP contribution in [0.3, 0.4) is 0 Å². The maximum absolute atomic E-state index is 5.43. The van der Waals surface area contributed by atoms with Crippen molar-refractivity contribution in [1.29, 1.82) is 0 Å². The van der Waals surface area contributed by atoms with E-state index in [1.165, 1.54) is 19.2 Å². The summed E-state index contributed by atoms with van der Waals surface area (Å²) in [5.41, 5.74) is 0.614. The van der Waals surface area contributed by atoms with Crippen molar-refractivity contribution in [3.8, 4) is 17.4 Å². The van der Waals surface area contributed by atoms with Gasteiger partial charge in [0.05, 0.1) is 13.0 Å². The van der Waals surface area contributed by atoms with Gasteiger partial charge in [-0.1, -0.05) is 5.16 Å². The SMILES string of the molecule is COc1cc(-c2noc(C3CC4CCC3N4)n2)ncn1. The molecule has 2 aromatic rings. The summed E-state index contributed by atoms with van der Waals surface area (Å²) in [6.07, 6.45) is 4.96. The molecule has 0 aromatic carbocycles. The zero-order chi connectivity index (χ0) is 13.5. The predicted octanol–water partition coefficient (Wildman–Crippen LogP) is 1.14. The van der Waals surface area contributed by atoms with Crippen LogP contribution in [0.15, 0.2) is 16.9 Å². The number of nitrogens with zero attached hydrogens (tertiary/aromatic N) is 4. The Bertz CT molecular complexity index is 629. The minimum atomic E-state index is 0.332. The van der Waals surface area contributed by atoms with Crippen LogP contribution in [0.2, 0.25) is 0 Å². The number of aromatic nitrogens is 4. The Labute approximate surface area is 115 Å². The van der Waals surface area contributed by atoms with Gasteiger partial charge in [0.2, 0.25) is 17.6 Å². The van der Waals surface area contributed by atoms with Crippen molar-refractivity contribution in [2.75, 3.05) is 7.11 Å². The monoisotopic (exact) mass is 273 g/mol. The van der Waals surface area contributed by atoms with Crippen LogP contribution in [-0.4, -0.2) is 39.3 Å². The summed E-state index contributed by atoms with van der Waals surface area (Å²) in [5.74, 6) is 2.02. The van der Waals surface area contributed by atoms with E-state index in [0.717, 1.165) is 6.42 Å². The van der Waals surface area contributed by atoms with Crippen LogP contribution in [0.4, 0.5) is 0 Å². The third kappa shape index (κ3) is 1.85. The van der Waals surface area contributed by atoms with Gasteiger partial charge in [-0.25, -0.2) is 9.97 Å². The highest BCUT2D eigenvalue weighted by Crippen LogP contribution is 2.39. The molecule has 4 heterocycles. The average molecular weight is 273 g/mol. The average Bonchev–Trinajstić information content (AvgIpc) is 3.22. The van der Waals surface area contributed by atoms with Crippen LogP contribution in [-0.2, 0) is 0 Å². The smallest absolute Gasteiger partial charge is 0.231 e. The van der Waals surface area contributed by atoms with Gasteiger partial charge in [0.1, 0.15) is 12.0 Å². The number of hydrogen-bond acceptors (Lipinski definition) is 7. The normalized spacial score (nSPS) is 27.9. The Morgan fingerprint density at radius 2 is 2.30 bits per heavy atom. The lowest BCUT2D eigenvalue weighted by molar-refractivity contribution is 0.329. The zero-order valence-corrected chi connectivity index (χ0v) is 11.1. The molecule has 0 radical (unpaired) electrons. The second-order valence-electron chi connectivity index (χ2n) is 5.29. The van der Waals surface area contributed by atoms with E-state index < -0.39 is 0 Å². The molecule has 20 heavy (non-hydrogen) atoms. The Balaban J connectivity index is 1.61. The minimum absolute atomic E-state index is 0.332. The summed E-state index contributed by atoms with van der Waals surface area (Å²) in [5, 5.41) is 7.60. The lowest BCUT2D eigenvalue weighted by atomic mass is 9.89. The van der Waals surface area contributed by atoms with Crippen LogP contribution in [0.1, 0.15) is 31.1 Å². The molecule has 2 aliphatic heterocycles. The number of ether oxygens (including phenoxy) is 1. The zero-order valence-electron chi connectivity index (χ0n) is 11.1. The van der Waals surface area contributed by atoms with Crippen molar-refractivity contribution in [2.24, 2.45) is 0 Å². The van der Waals surface area contributed by atoms with Crippen molar-refractivity contribution < 1.29 is 9.26 Å². The fourth-order valence-electron chi connectivity index (χ4n) is 3.16. The molecule has 3 unspecified atom stereocenters. The highest BCUT2D eigenvalue weighted by molar-refractivity contribution is 5.49. The van der Waals surface area contributed by atoms with Gasteiger partial charge in [-0.2, -0.15) is 4.98 Å². The van der Waals surface area contributed by atoms with Crippen molar-refractivity contribution in [3.63, 3.8) is 0 Å². The Morgan fingerprint density at radius 1 is 1.35 bits per heavy atom. The fraction of sp³-hybridized carbons (Fsp3) is 0.538. The van der Waals surface area contributed by atoms with Crippen molar-refractivity contribution >= 4 is 0 Å². The standard InChI is InChI=1S/C13H15N5O2/c1-19-11-5-10(14-6-15-11)12-17-13(20-18-12)8-4-7-2-3-9(8)16-7/h5-9,16H,2-4H2,1H3. The first-order valence-corrected chi connectivity index (χ1v) is 6.79. The predicted molar refractivity (Wildman–Crippen MR) is 69.2 cm³/mol. The summed E-state index contributed by atoms with van der Waals surface area (Å²) in [6, 6.07) is 2.79. The van der Waals surface area contributed by atoms with Crippen LogP contribution in [0.5, 0.6) is 5.88 Å². The molecular weight excluding hydrogens is 258 g/mol. The molecule has 0 spiro atoms. The molecule has 2 fully saturated rings. The highest BCUT2D eigenvalue weighted by atomic mass is 16.5. The van der Waals surface area contributed by atoms with Gasteiger partial charge in [-0.15, -0.1) is 0 Å². The number of methoxy groups -OCH3 is 1.